The standard InChI is InChI=1S/C44H72N2O7S2/c1-12-26-45(27-28-51-10)54(47,48)29-18-16-24-44(40-31-35(5)20-22-38(40)39-23-21-36(6)32-41(39)44)25-17-19-30-55(49,50)46(33-37(13-2)52-11)43(9,15-4)34-53-42(7,8)14-3/h20-23,31-33H,12-19,24-30,34H2,1-11H3/b37-33-. The lowest BCUT2D eigenvalue weighted by Gasteiger charge is -2.41. The van der Waals surface area contributed by atoms with Crippen LogP contribution in [0, 0.1) is 13.8 Å². The van der Waals surface area contributed by atoms with Gasteiger partial charge in [0, 0.05) is 32.0 Å². The molecule has 1 unspecified atom stereocenters. The van der Waals surface area contributed by atoms with E-state index in [4.69, 9.17) is 14.2 Å². The molecule has 1 aliphatic rings. The third-order valence-corrected chi connectivity index (χ3v) is 15.6. The van der Waals surface area contributed by atoms with E-state index in [1.165, 1.54) is 37.7 Å². The van der Waals surface area contributed by atoms with Crippen molar-refractivity contribution in [3.05, 3.63) is 70.6 Å². The number of hydrogen-bond donors (Lipinski definition) is 0. The van der Waals surface area contributed by atoms with Gasteiger partial charge in [-0.25, -0.2) is 16.8 Å². The lowest BCUT2D eigenvalue weighted by Crippen LogP contribution is -2.51. The Balaban J connectivity index is 1.94. The van der Waals surface area contributed by atoms with E-state index in [-0.39, 0.29) is 29.1 Å². The van der Waals surface area contributed by atoms with Gasteiger partial charge in [-0.3, -0.25) is 4.31 Å². The summed E-state index contributed by atoms with van der Waals surface area (Å²) in [6, 6.07) is 13.3. The van der Waals surface area contributed by atoms with Gasteiger partial charge in [-0.05, 0) is 102 Å². The van der Waals surface area contributed by atoms with Crippen LogP contribution in [0.5, 0.6) is 0 Å². The van der Waals surface area contributed by atoms with Gasteiger partial charge in [0.15, 0.2) is 0 Å². The van der Waals surface area contributed by atoms with E-state index in [0.29, 0.717) is 57.6 Å². The quantitative estimate of drug-likeness (QED) is 0.0690. The predicted molar refractivity (Wildman–Crippen MR) is 227 cm³/mol. The van der Waals surface area contributed by atoms with Gasteiger partial charge in [-0.15, -0.1) is 0 Å². The highest BCUT2D eigenvalue weighted by molar-refractivity contribution is 7.89. The van der Waals surface area contributed by atoms with Crippen molar-refractivity contribution in [2.24, 2.45) is 0 Å². The molecule has 0 heterocycles. The number of hydrogen-bond acceptors (Lipinski definition) is 7. The van der Waals surface area contributed by atoms with Gasteiger partial charge in [0.2, 0.25) is 20.0 Å². The first-order valence-corrected chi connectivity index (χ1v) is 23.7. The fourth-order valence-corrected chi connectivity index (χ4v) is 11.2. The van der Waals surface area contributed by atoms with Crippen LogP contribution < -0.4 is 0 Å². The Morgan fingerprint density at radius 3 is 1.76 bits per heavy atom. The van der Waals surface area contributed by atoms with Crippen molar-refractivity contribution >= 4 is 20.0 Å². The van der Waals surface area contributed by atoms with Crippen LogP contribution >= 0.6 is 0 Å². The van der Waals surface area contributed by atoms with E-state index < -0.39 is 25.6 Å². The topological polar surface area (TPSA) is 102 Å². The van der Waals surface area contributed by atoms with Crippen molar-refractivity contribution in [3.63, 3.8) is 0 Å². The summed E-state index contributed by atoms with van der Waals surface area (Å²) < 4.78 is 76.0. The van der Waals surface area contributed by atoms with Gasteiger partial charge in [-0.1, -0.05) is 88.1 Å². The summed E-state index contributed by atoms with van der Waals surface area (Å²) in [5.41, 5.74) is 5.75. The predicted octanol–water partition coefficient (Wildman–Crippen LogP) is 9.50. The van der Waals surface area contributed by atoms with Crippen LogP contribution in [0.25, 0.3) is 11.1 Å². The van der Waals surface area contributed by atoms with E-state index in [1.807, 2.05) is 41.5 Å². The summed E-state index contributed by atoms with van der Waals surface area (Å²) in [5, 5.41) is 0. The Bertz CT molecular complexity index is 1730. The molecule has 3 rings (SSSR count). The number of ether oxygens (including phenoxy) is 3. The van der Waals surface area contributed by atoms with Gasteiger partial charge in [0.25, 0.3) is 0 Å². The number of methoxy groups -OCH3 is 2. The van der Waals surface area contributed by atoms with Crippen molar-refractivity contribution in [2.45, 2.75) is 143 Å². The Morgan fingerprint density at radius 1 is 0.764 bits per heavy atom. The van der Waals surface area contributed by atoms with E-state index in [2.05, 4.69) is 57.2 Å². The number of rotatable bonds is 26. The molecule has 9 nitrogen and oxygen atoms in total. The summed E-state index contributed by atoms with van der Waals surface area (Å²) in [6.07, 6.45) is 8.31. The number of sulfonamides is 2. The van der Waals surface area contributed by atoms with Crippen LogP contribution in [0.3, 0.4) is 0 Å². The Kier molecular flexibility index (Phi) is 17.3. The Labute approximate surface area is 335 Å². The molecule has 0 aliphatic heterocycles. The third-order valence-electron chi connectivity index (χ3n) is 11.7. The number of unbranched alkanes of at least 4 members (excludes halogenated alkanes) is 2. The van der Waals surface area contributed by atoms with Gasteiger partial charge in [0.1, 0.15) is 5.76 Å². The van der Waals surface area contributed by atoms with E-state index in [0.717, 1.165) is 32.1 Å². The highest BCUT2D eigenvalue weighted by Crippen LogP contribution is 2.54. The summed E-state index contributed by atoms with van der Waals surface area (Å²) in [5.74, 6) is 0.675. The molecule has 0 radical (unpaired) electrons. The molecule has 312 valence electrons. The van der Waals surface area contributed by atoms with Crippen molar-refractivity contribution < 1.29 is 31.0 Å². The number of nitrogens with zero attached hydrogens (tertiary/aromatic N) is 2. The largest absolute Gasteiger partial charge is 0.500 e. The average molecular weight is 805 g/mol. The van der Waals surface area contributed by atoms with Crippen LogP contribution in [0.4, 0.5) is 0 Å². The van der Waals surface area contributed by atoms with Crippen molar-refractivity contribution in [1.29, 1.82) is 0 Å². The van der Waals surface area contributed by atoms with Gasteiger partial charge in [0.05, 0.1) is 49.2 Å². The molecule has 0 saturated carbocycles. The molecule has 0 amide bonds. The fraction of sp³-hybridized carbons (Fsp3) is 0.682. The first-order valence-electron chi connectivity index (χ1n) is 20.5. The highest BCUT2D eigenvalue weighted by Gasteiger charge is 2.43. The molecule has 0 spiro atoms. The van der Waals surface area contributed by atoms with Crippen LogP contribution in [-0.4, -0.2) is 88.6 Å². The molecular weight excluding hydrogens is 733 g/mol. The maximum Gasteiger partial charge on any atom is 0.235 e. The first kappa shape index (κ1) is 46.9. The number of fused-ring (bicyclic) bond motifs is 3. The second-order valence-corrected chi connectivity index (χ2v) is 20.4. The molecule has 2 aromatic carbocycles. The lowest BCUT2D eigenvalue weighted by atomic mass is 9.70. The van der Waals surface area contributed by atoms with Crippen LogP contribution in [0.2, 0.25) is 0 Å². The van der Waals surface area contributed by atoms with Gasteiger partial charge in [-0.2, -0.15) is 4.31 Å². The SMILES string of the molecule is CCCN(CCOC)S(=O)(=O)CCCCC1(CCCCS(=O)(=O)N(/C=C(/CC)OC)C(C)(CC)COC(C)(C)CC)c2cc(C)ccc2-c2ccc(C)cc21. The zero-order valence-electron chi connectivity index (χ0n) is 35.9. The zero-order chi connectivity index (χ0) is 41.1. The summed E-state index contributed by atoms with van der Waals surface area (Å²) >= 11 is 0. The van der Waals surface area contributed by atoms with Crippen LogP contribution in [-0.2, 0) is 39.7 Å². The maximum atomic E-state index is 14.4. The number of aryl methyl sites for hydroxylation is 2. The van der Waals surface area contributed by atoms with E-state index in [1.54, 1.807) is 24.7 Å². The second kappa shape index (κ2) is 20.3. The molecule has 1 atom stereocenters. The number of benzene rings is 2. The average Bonchev–Trinajstić information content (AvgIpc) is 3.40. The molecule has 0 bridgehead atoms. The molecule has 0 fully saturated rings. The summed E-state index contributed by atoms with van der Waals surface area (Å²) in [6.45, 7) is 19.7. The molecule has 1 aliphatic carbocycles. The molecule has 55 heavy (non-hydrogen) atoms. The molecule has 0 aromatic heterocycles. The van der Waals surface area contributed by atoms with Crippen molar-refractivity contribution in [1.82, 2.24) is 8.61 Å². The molecule has 0 saturated heterocycles. The minimum Gasteiger partial charge on any atom is -0.500 e. The highest BCUT2D eigenvalue weighted by atomic mass is 32.2. The summed E-state index contributed by atoms with van der Waals surface area (Å²) in [7, 11) is -4.03. The van der Waals surface area contributed by atoms with Crippen molar-refractivity contribution in [3.8, 4) is 11.1 Å². The van der Waals surface area contributed by atoms with Crippen molar-refractivity contribution in [2.75, 3.05) is 52.0 Å². The molecule has 2 aromatic rings. The first-order chi connectivity index (χ1) is 25.9. The maximum absolute atomic E-state index is 14.4. The van der Waals surface area contributed by atoms with Gasteiger partial charge < -0.3 is 14.2 Å². The molecule has 0 N–H and O–H groups in total. The van der Waals surface area contributed by atoms with E-state index >= 15 is 0 Å². The second-order valence-electron chi connectivity index (χ2n) is 16.3. The van der Waals surface area contributed by atoms with Gasteiger partial charge >= 0.3 is 0 Å². The minimum atomic E-state index is -3.77. The normalized spacial score (nSPS) is 15.5. The third kappa shape index (κ3) is 11.8. The fourth-order valence-electron chi connectivity index (χ4n) is 7.63. The molecular formula is C44H72N2O7S2. The smallest absolute Gasteiger partial charge is 0.235 e. The lowest BCUT2D eigenvalue weighted by molar-refractivity contribution is -0.0583. The molecule has 11 heteroatoms. The number of allylic oxidation sites excluding steroid dienone is 1. The minimum absolute atomic E-state index is 0.0125. The summed E-state index contributed by atoms with van der Waals surface area (Å²) in [4.78, 5) is 0. The van der Waals surface area contributed by atoms with Crippen LogP contribution in [0.1, 0.15) is 135 Å². The zero-order valence-corrected chi connectivity index (χ0v) is 37.6. The Morgan fingerprint density at radius 2 is 1.31 bits per heavy atom. The van der Waals surface area contributed by atoms with E-state index in [9.17, 15) is 16.8 Å². The van der Waals surface area contributed by atoms with Crippen LogP contribution in [0.15, 0.2) is 48.4 Å². The monoisotopic (exact) mass is 804 g/mol. The Hall–Kier alpha value is -2.44.